The largest absolute Gasteiger partial charge is 0.355 e. The van der Waals surface area contributed by atoms with E-state index in [9.17, 15) is 4.79 Å². The van der Waals surface area contributed by atoms with Gasteiger partial charge < -0.3 is 10.2 Å². The van der Waals surface area contributed by atoms with Crippen molar-refractivity contribution in [2.45, 2.75) is 12.8 Å². The minimum Gasteiger partial charge on any atom is -0.355 e. The van der Waals surface area contributed by atoms with Gasteiger partial charge >= 0.3 is 0 Å². The fourth-order valence-electron chi connectivity index (χ4n) is 3.77. The number of benzene rings is 2. The number of anilines is 2. The first-order valence-corrected chi connectivity index (χ1v) is 10.7. The first-order chi connectivity index (χ1) is 14.8. The molecule has 0 radical (unpaired) electrons. The Morgan fingerprint density at radius 1 is 0.933 bits per heavy atom. The Hall–Kier alpha value is -3.39. The molecule has 4 aromatic rings. The zero-order chi connectivity index (χ0) is 20.3. The average molecular weight is 417 g/mol. The van der Waals surface area contributed by atoms with E-state index in [0.717, 1.165) is 71.5 Å². The highest BCUT2D eigenvalue weighted by Crippen LogP contribution is 2.26. The van der Waals surface area contributed by atoms with Crippen molar-refractivity contribution in [1.82, 2.24) is 18.9 Å². The van der Waals surface area contributed by atoms with Gasteiger partial charge in [0.1, 0.15) is 11.0 Å². The second kappa shape index (κ2) is 8.16. The van der Waals surface area contributed by atoms with Gasteiger partial charge in [-0.25, -0.2) is 0 Å². The van der Waals surface area contributed by atoms with Crippen molar-refractivity contribution in [1.29, 1.82) is 0 Å². The third kappa shape index (κ3) is 3.73. The van der Waals surface area contributed by atoms with Gasteiger partial charge in [0.2, 0.25) is 5.91 Å². The van der Waals surface area contributed by atoms with Crippen molar-refractivity contribution in [2.24, 2.45) is 5.92 Å². The Kier molecular flexibility index (Phi) is 5.06. The summed E-state index contributed by atoms with van der Waals surface area (Å²) in [6.07, 6.45) is 1.55. The van der Waals surface area contributed by atoms with Gasteiger partial charge in [-0.2, -0.15) is 8.75 Å². The van der Waals surface area contributed by atoms with E-state index in [1.807, 2.05) is 60.7 Å². The number of fused-ring (bicyclic) bond motifs is 1. The molecule has 30 heavy (non-hydrogen) atoms. The summed E-state index contributed by atoms with van der Waals surface area (Å²) >= 11 is 1.16. The van der Waals surface area contributed by atoms with Crippen molar-refractivity contribution in [3.8, 4) is 11.3 Å². The molecule has 0 atom stereocenters. The Labute approximate surface area is 178 Å². The van der Waals surface area contributed by atoms with Gasteiger partial charge in [-0.15, -0.1) is 10.2 Å². The zero-order valence-electron chi connectivity index (χ0n) is 16.2. The van der Waals surface area contributed by atoms with Crippen LogP contribution in [0.2, 0.25) is 0 Å². The van der Waals surface area contributed by atoms with E-state index < -0.39 is 0 Å². The van der Waals surface area contributed by atoms with Crippen LogP contribution in [0.1, 0.15) is 12.8 Å². The summed E-state index contributed by atoms with van der Waals surface area (Å²) < 4.78 is 8.52. The highest BCUT2D eigenvalue weighted by molar-refractivity contribution is 7.00. The van der Waals surface area contributed by atoms with Gasteiger partial charge in [0.25, 0.3) is 0 Å². The molecule has 0 unspecified atom stereocenters. The molecule has 0 saturated carbocycles. The fraction of sp³-hybridized carbons (Fsp3) is 0.227. The number of nitrogens with one attached hydrogen (secondary N) is 1. The Balaban J connectivity index is 1.21. The predicted molar refractivity (Wildman–Crippen MR) is 118 cm³/mol. The lowest BCUT2D eigenvalue weighted by Crippen LogP contribution is -2.38. The molecule has 1 N–H and O–H groups in total. The maximum Gasteiger partial charge on any atom is 0.227 e. The number of aromatic nitrogens is 4. The SMILES string of the molecule is O=C(Nc1cccc2nsnc12)C1CCN(c2ccc(-c3ccccc3)nn2)CC1. The van der Waals surface area contributed by atoms with Gasteiger partial charge in [0, 0.05) is 24.6 Å². The maximum atomic E-state index is 12.8. The van der Waals surface area contributed by atoms with E-state index in [2.05, 4.69) is 29.2 Å². The molecular weight excluding hydrogens is 396 g/mol. The number of rotatable bonds is 4. The molecule has 7 nitrogen and oxygen atoms in total. The van der Waals surface area contributed by atoms with Crippen molar-refractivity contribution in [3.63, 3.8) is 0 Å². The monoisotopic (exact) mass is 416 g/mol. The summed E-state index contributed by atoms with van der Waals surface area (Å²) in [6, 6.07) is 19.7. The Morgan fingerprint density at radius 3 is 2.53 bits per heavy atom. The molecule has 1 aliphatic rings. The fourth-order valence-corrected chi connectivity index (χ4v) is 4.32. The molecule has 5 rings (SSSR count). The van der Waals surface area contributed by atoms with Crippen LogP contribution in [0.4, 0.5) is 11.5 Å². The van der Waals surface area contributed by atoms with Crippen LogP contribution in [0, 0.1) is 5.92 Å². The number of nitrogens with zero attached hydrogens (tertiary/aromatic N) is 5. The number of amides is 1. The van der Waals surface area contributed by atoms with Gasteiger partial charge in [-0.3, -0.25) is 4.79 Å². The summed E-state index contributed by atoms with van der Waals surface area (Å²) in [6.45, 7) is 1.56. The minimum atomic E-state index is -0.0281. The second-order valence-electron chi connectivity index (χ2n) is 7.33. The minimum absolute atomic E-state index is 0.0281. The van der Waals surface area contributed by atoms with Gasteiger partial charge in [0.05, 0.1) is 23.1 Å². The van der Waals surface area contributed by atoms with Gasteiger partial charge in [0.15, 0.2) is 5.82 Å². The van der Waals surface area contributed by atoms with Crippen LogP contribution in [0.3, 0.4) is 0 Å². The molecule has 1 aliphatic heterocycles. The summed E-state index contributed by atoms with van der Waals surface area (Å²) in [4.78, 5) is 15.0. The normalized spacial score (nSPS) is 14.7. The lowest BCUT2D eigenvalue weighted by Gasteiger charge is -2.31. The lowest BCUT2D eigenvalue weighted by atomic mass is 9.95. The van der Waals surface area contributed by atoms with Crippen LogP contribution in [0.5, 0.6) is 0 Å². The third-order valence-electron chi connectivity index (χ3n) is 5.45. The second-order valence-corrected chi connectivity index (χ2v) is 7.86. The molecule has 1 fully saturated rings. The van der Waals surface area contributed by atoms with Crippen LogP contribution < -0.4 is 10.2 Å². The third-order valence-corrected chi connectivity index (χ3v) is 6.00. The smallest absolute Gasteiger partial charge is 0.227 e. The molecule has 0 bridgehead atoms. The zero-order valence-corrected chi connectivity index (χ0v) is 17.0. The van der Waals surface area contributed by atoms with E-state index >= 15 is 0 Å². The number of carbonyl (C=O) groups is 1. The lowest BCUT2D eigenvalue weighted by molar-refractivity contribution is -0.120. The van der Waals surface area contributed by atoms with Crippen LogP contribution in [-0.4, -0.2) is 37.9 Å². The standard InChI is InChI=1S/C22H20N6OS/c29-22(23-18-7-4-8-19-21(18)27-30-26-19)16-11-13-28(14-12-16)20-10-9-17(24-25-20)15-5-2-1-3-6-15/h1-10,16H,11-14H2,(H,23,29). The molecule has 3 heterocycles. The van der Waals surface area contributed by atoms with E-state index in [0.29, 0.717) is 0 Å². The van der Waals surface area contributed by atoms with Crippen LogP contribution in [0.15, 0.2) is 60.7 Å². The van der Waals surface area contributed by atoms with Crippen LogP contribution in [0.25, 0.3) is 22.3 Å². The van der Waals surface area contributed by atoms with E-state index in [4.69, 9.17) is 0 Å². The molecule has 0 spiro atoms. The quantitative estimate of drug-likeness (QED) is 0.541. The molecule has 0 aliphatic carbocycles. The Morgan fingerprint density at radius 2 is 1.77 bits per heavy atom. The van der Waals surface area contributed by atoms with Crippen molar-refractivity contribution in [3.05, 3.63) is 60.7 Å². The topological polar surface area (TPSA) is 83.9 Å². The maximum absolute atomic E-state index is 12.8. The highest BCUT2D eigenvalue weighted by atomic mass is 32.1. The molecule has 1 amide bonds. The predicted octanol–water partition coefficient (Wildman–Crippen LogP) is 4.00. The first-order valence-electron chi connectivity index (χ1n) is 9.94. The van der Waals surface area contributed by atoms with E-state index in [1.165, 1.54) is 0 Å². The first kappa shape index (κ1) is 18.6. The van der Waals surface area contributed by atoms with Crippen molar-refractivity contribution < 1.29 is 4.79 Å². The van der Waals surface area contributed by atoms with Crippen molar-refractivity contribution in [2.75, 3.05) is 23.3 Å². The number of piperidine rings is 1. The molecule has 150 valence electrons. The molecule has 2 aromatic heterocycles. The van der Waals surface area contributed by atoms with Gasteiger partial charge in [-0.05, 0) is 37.1 Å². The summed E-state index contributed by atoms with van der Waals surface area (Å²) in [5, 5.41) is 11.8. The summed E-state index contributed by atoms with van der Waals surface area (Å²) in [5.41, 5.74) is 4.21. The Bertz CT molecular complexity index is 1150. The molecule has 2 aromatic carbocycles. The van der Waals surface area contributed by atoms with Crippen molar-refractivity contribution >= 4 is 40.2 Å². The number of hydrogen-bond acceptors (Lipinski definition) is 7. The number of carbonyl (C=O) groups excluding carboxylic acids is 1. The summed E-state index contributed by atoms with van der Waals surface area (Å²) in [7, 11) is 0. The average Bonchev–Trinajstić information content (AvgIpc) is 3.30. The van der Waals surface area contributed by atoms with Gasteiger partial charge in [-0.1, -0.05) is 36.4 Å². The highest BCUT2D eigenvalue weighted by Gasteiger charge is 2.26. The molecule has 1 saturated heterocycles. The van der Waals surface area contributed by atoms with Crippen LogP contribution >= 0.6 is 11.7 Å². The summed E-state index contributed by atoms with van der Waals surface area (Å²) in [5.74, 6) is 0.868. The van der Waals surface area contributed by atoms with Crippen LogP contribution in [-0.2, 0) is 4.79 Å². The van der Waals surface area contributed by atoms with E-state index in [-0.39, 0.29) is 11.8 Å². The molecule has 8 heteroatoms. The van der Waals surface area contributed by atoms with E-state index in [1.54, 1.807) is 0 Å². The number of hydrogen-bond donors (Lipinski definition) is 1. The molecular formula is C22H20N6OS.